The van der Waals surface area contributed by atoms with Crippen molar-refractivity contribution in [2.75, 3.05) is 28.6 Å². The maximum Gasteiger partial charge on any atom is 0.347 e. The van der Waals surface area contributed by atoms with Crippen LogP contribution < -0.4 is 20.3 Å². The van der Waals surface area contributed by atoms with E-state index in [2.05, 4.69) is 43.2 Å². The van der Waals surface area contributed by atoms with Crippen LogP contribution in [0.15, 0.2) is 36.4 Å². The summed E-state index contributed by atoms with van der Waals surface area (Å²) in [4.78, 5) is 26.3. The number of hydrogen-bond acceptors (Lipinski definition) is 4. The molecule has 0 aliphatic rings. The number of nitrogens with one attached hydrogen (secondary N) is 2. The molecule has 0 aromatic heterocycles. The monoisotopic (exact) mass is 477 g/mol. The number of carboxylic acids is 1. The fourth-order valence-electron chi connectivity index (χ4n) is 3.31. The summed E-state index contributed by atoms with van der Waals surface area (Å²) in [7, 11) is 0. The van der Waals surface area contributed by atoms with Crippen molar-refractivity contribution in [3.63, 3.8) is 0 Å². The van der Waals surface area contributed by atoms with Crippen molar-refractivity contribution in [2.24, 2.45) is 11.8 Å². The normalized spacial score (nSPS) is 11.5. The van der Waals surface area contributed by atoms with Crippen LogP contribution in [0.4, 0.5) is 30.6 Å². The highest BCUT2D eigenvalue weighted by Gasteiger charge is 2.30. The molecule has 186 valence electrons. The molecule has 0 aliphatic carbocycles. The highest BCUT2D eigenvalue weighted by Crippen LogP contribution is 2.33. The minimum absolute atomic E-state index is 0.180. The fraction of sp³-hybridized carbons (Fsp3) is 0.440. The van der Waals surface area contributed by atoms with Gasteiger partial charge in [-0.05, 0) is 49.9 Å². The lowest BCUT2D eigenvalue weighted by molar-refractivity contribution is -0.152. The molecule has 0 spiro atoms. The molecular formula is C25H33F2N3O4. The van der Waals surface area contributed by atoms with Gasteiger partial charge in [0, 0.05) is 25.2 Å². The van der Waals surface area contributed by atoms with Gasteiger partial charge in [0.05, 0.1) is 17.1 Å². The lowest BCUT2D eigenvalue weighted by Gasteiger charge is -2.31. The lowest BCUT2D eigenvalue weighted by atomic mass is 10.1. The van der Waals surface area contributed by atoms with Gasteiger partial charge in [-0.25, -0.2) is 18.4 Å². The Morgan fingerprint density at radius 2 is 1.56 bits per heavy atom. The molecular weight excluding hydrogens is 444 g/mol. The zero-order valence-electron chi connectivity index (χ0n) is 20.4. The second-order valence-electron chi connectivity index (χ2n) is 9.49. The van der Waals surface area contributed by atoms with Crippen LogP contribution in [0.5, 0.6) is 5.75 Å². The van der Waals surface area contributed by atoms with Crippen LogP contribution in [0.25, 0.3) is 0 Å². The van der Waals surface area contributed by atoms with Gasteiger partial charge >= 0.3 is 12.0 Å². The molecule has 0 fully saturated rings. The molecule has 0 saturated heterocycles. The molecule has 9 heteroatoms. The predicted octanol–water partition coefficient (Wildman–Crippen LogP) is 5.97. The number of hydrogen-bond donors (Lipinski definition) is 3. The number of urea groups is 1. The Morgan fingerprint density at radius 3 is 2.09 bits per heavy atom. The number of nitrogens with zero attached hydrogens (tertiary/aromatic N) is 1. The summed E-state index contributed by atoms with van der Waals surface area (Å²) in [6.07, 6.45) is 0. The van der Waals surface area contributed by atoms with Crippen molar-refractivity contribution in [3.05, 3.63) is 48.0 Å². The second-order valence-corrected chi connectivity index (χ2v) is 9.49. The van der Waals surface area contributed by atoms with Crippen LogP contribution in [0.3, 0.4) is 0 Å². The van der Waals surface area contributed by atoms with Crippen LogP contribution in [-0.2, 0) is 4.79 Å². The smallest absolute Gasteiger partial charge is 0.347 e. The summed E-state index contributed by atoms with van der Waals surface area (Å²) in [5, 5.41) is 14.5. The Morgan fingerprint density at radius 1 is 0.971 bits per heavy atom. The van der Waals surface area contributed by atoms with Crippen molar-refractivity contribution in [1.29, 1.82) is 0 Å². The largest absolute Gasteiger partial charge is 0.478 e. The number of carbonyl (C=O) groups excluding carboxylic acids is 1. The van der Waals surface area contributed by atoms with E-state index in [1.165, 1.54) is 19.9 Å². The number of halogens is 2. The Labute approximate surface area is 199 Å². The zero-order chi connectivity index (χ0) is 25.6. The Hall–Kier alpha value is -3.36. The van der Waals surface area contributed by atoms with E-state index in [-0.39, 0.29) is 11.4 Å². The molecule has 2 aromatic rings. The van der Waals surface area contributed by atoms with Gasteiger partial charge in [-0.2, -0.15) is 0 Å². The molecule has 2 amide bonds. The van der Waals surface area contributed by atoms with Gasteiger partial charge in [0.2, 0.25) is 0 Å². The minimum atomic E-state index is -1.49. The third-order valence-corrected chi connectivity index (χ3v) is 4.80. The third-order valence-electron chi connectivity index (χ3n) is 4.80. The molecule has 0 unspecified atom stereocenters. The number of anilines is 3. The Bertz CT molecular complexity index is 1020. The average Bonchev–Trinajstić information content (AvgIpc) is 2.68. The standard InChI is InChI=1S/C25H33F2N3O4/c1-15(2)13-30(14-16(3)4)22-10-8-18(34-25(5,6)23(31)32)12-21(22)29-24(33)28-20-9-7-17(26)11-19(20)27/h7-12,15-16H,13-14H2,1-6H3,(H,31,32)(H2,28,29,33). The van der Waals surface area contributed by atoms with E-state index in [0.29, 0.717) is 42.4 Å². The maximum atomic E-state index is 14.0. The first-order chi connectivity index (χ1) is 15.8. The molecule has 34 heavy (non-hydrogen) atoms. The number of aliphatic carboxylic acids is 1. The zero-order valence-corrected chi connectivity index (χ0v) is 20.4. The van der Waals surface area contributed by atoms with Gasteiger partial charge in [0.25, 0.3) is 0 Å². The van der Waals surface area contributed by atoms with E-state index < -0.39 is 29.2 Å². The van der Waals surface area contributed by atoms with E-state index in [0.717, 1.165) is 12.1 Å². The van der Waals surface area contributed by atoms with Crippen LogP contribution in [0, 0.1) is 23.5 Å². The molecule has 0 aliphatic heterocycles. The van der Waals surface area contributed by atoms with E-state index in [1.807, 2.05) is 0 Å². The molecule has 2 aromatic carbocycles. The average molecular weight is 478 g/mol. The first kappa shape index (κ1) is 26.9. The molecule has 2 rings (SSSR count). The fourth-order valence-corrected chi connectivity index (χ4v) is 3.31. The molecule has 0 saturated carbocycles. The van der Waals surface area contributed by atoms with Gasteiger partial charge in [-0.3, -0.25) is 0 Å². The Balaban J connectivity index is 2.42. The summed E-state index contributed by atoms with van der Waals surface area (Å²) in [6.45, 7) is 12.6. The number of carboxylic acid groups (broad SMARTS) is 1. The first-order valence-corrected chi connectivity index (χ1v) is 11.1. The van der Waals surface area contributed by atoms with Crippen molar-refractivity contribution < 1.29 is 28.2 Å². The van der Waals surface area contributed by atoms with Crippen LogP contribution in [-0.4, -0.2) is 35.8 Å². The molecule has 0 bridgehead atoms. The second kappa shape index (κ2) is 11.2. The van der Waals surface area contributed by atoms with Crippen molar-refractivity contribution in [3.8, 4) is 5.75 Å². The topological polar surface area (TPSA) is 90.9 Å². The predicted molar refractivity (Wildman–Crippen MR) is 130 cm³/mol. The summed E-state index contributed by atoms with van der Waals surface area (Å²) in [5.74, 6) is -1.90. The van der Waals surface area contributed by atoms with Crippen molar-refractivity contribution >= 4 is 29.1 Å². The number of ether oxygens (including phenoxy) is 1. The third kappa shape index (κ3) is 7.60. The summed E-state index contributed by atoms with van der Waals surface area (Å²) >= 11 is 0. The summed E-state index contributed by atoms with van der Waals surface area (Å²) in [5.41, 5.74) is -0.605. The highest BCUT2D eigenvalue weighted by molar-refractivity contribution is 6.02. The van der Waals surface area contributed by atoms with E-state index in [1.54, 1.807) is 12.1 Å². The number of benzene rings is 2. The van der Waals surface area contributed by atoms with Gasteiger partial charge in [0.15, 0.2) is 5.60 Å². The van der Waals surface area contributed by atoms with Gasteiger partial charge in [-0.15, -0.1) is 0 Å². The van der Waals surface area contributed by atoms with Gasteiger partial charge < -0.3 is 25.4 Å². The highest BCUT2D eigenvalue weighted by atomic mass is 19.1. The summed E-state index contributed by atoms with van der Waals surface area (Å²) in [6, 6.07) is 7.05. The lowest BCUT2D eigenvalue weighted by Crippen LogP contribution is -2.38. The van der Waals surface area contributed by atoms with E-state index in [4.69, 9.17) is 4.74 Å². The van der Waals surface area contributed by atoms with Crippen molar-refractivity contribution in [2.45, 2.75) is 47.1 Å². The van der Waals surface area contributed by atoms with Crippen LogP contribution >= 0.6 is 0 Å². The van der Waals surface area contributed by atoms with Gasteiger partial charge in [0.1, 0.15) is 17.4 Å². The molecule has 3 N–H and O–H groups in total. The summed E-state index contributed by atoms with van der Waals surface area (Å²) < 4.78 is 32.8. The molecule has 0 radical (unpaired) electrons. The van der Waals surface area contributed by atoms with E-state index >= 15 is 0 Å². The molecule has 0 atom stereocenters. The number of rotatable bonds is 10. The van der Waals surface area contributed by atoms with Crippen LogP contribution in [0.1, 0.15) is 41.5 Å². The minimum Gasteiger partial charge on any atom is -0.478 e. The van der Waals surface area contributed by atoms with Crippen LogP contribution in [0.2, 0.25) is 0 Å². The number of carbonyl (C=O) groups is 2. The van der Waals surface area contributed by atoms with Crippen molar-refractivity contribution in [1.82, 2.24) is 0 Å². The SMILES string of the molecule is CC(C)CN(CC(C)C)c1ccc(OC(C)(C)C(=O)O)cc1NC(=O)Nc1ccc(F)cc1F. The van der Waals surface area contributed by atoms with E-state index in [9.17, 15) is 23.5 Å². The number of amides is 2. The maximum absolute atomic E-state index is 14.0. The Kier molecular flexibility index (Phi) is 8.84. The quantitative estimate of drug-likeness (QED) is 0.392. The molecule has 0 heterocycles. The first-order valence-electron chi connectivity index (χ1n) is 11.1. The molecule has 7 nitrogen and oxygen atoms in total. The van der Waals surface area contributed by atoms with Gasteiger partial charge in [-0.1, -0.05) is 27.7 Å².